The van der Waals surface area contributed by atoms with E-state index in [1.165, 1.54) is 51.4 Å². The highest BCUT2D eigenvalue weighted by atomic mass is 16.2. The summed E-state index contributed by atoms with van der Waals surface area (Å²) >= 11 is 0. The van der Waals surface area contributed by atoms with E-state index in [4.69, 9.17) is 11.4 Å². The van der Waals surface area contributed by atoms with E-state index in [9.17, 15) is 4.79 Å². The number of imidazole rings is 1. The lowest BCUT2D eigenvalue weighted by atomic mass is 9.80. The molecule has 2 aromatic rings. The lowest BCUT2D eigenvalue weighted by molar-refractivity contribution is -0.134. The highest BCUT2D eigenvalue weighted by Crippen LogP contribution is 2.38. The zero-order valence-electron chi connectivity index (χ0n) is 20.0. The minimum atomic E-state index is 0.294. The predicted octanol–water partition coefficient (Wildman–Crippen LogP) is 6.27. The summed E-state index contributed by atoms with van der Waals surface area (Å²) in [5, 5.41) is 0. The molecular weight excluding hydrogens is 394 g/mol. The first-order valence-corrected chi connectivity index (χ1v) is 12.9. The maximum Gasteiger partial charge on any atom is 0.224 e. The highest BCUT2D eigenvalue weighted by Gasteiger charge is 2.28. The number of carbonyl (C=O) groups excluding carboxylic acids is 1. The standard InChI is InChI=1S/C28H39N3O/c1-4-21-12-15-23(16-13-21)28-29-25-20-22(5-2)14-17-26(25)31(28)19-18-27(32)30(6-3)24-10-8-7-9-11-24/h2,14,17,20-21,23-24H,4,6-13,15-16,18-19H2,1,3H3. The van der Waals surface area contributed by atoms with Crippen LogP contribution < -0.4 is 0 Å². The van der Waals surface area contributed by atoms with Crippen LogP contribution in [0.4, 0.5) is 0 Å². The lowest BCUT2D eigenvalue weighted by Gasteiger charge is -2.34. The highest BCUT2D eigenvalue weighted by molar-refractivity contribution is 5.79. The number of fused-ring (bicyclic) bond motifs is 1. The summed E-state index contributed by atoms with van der Waals surface area (Å²) in [5.41, 5.74) is 2.96. The molecular formula is C28H39N3O. The zero-order chi connectivity index (χ0) is 22.5. The van der Waals surface area contributed by atoms with Gasteiger partial charge >= 0.3 is 0 Å². The first-order chi connectivity index (χ1) is 15.6. The number of terminal acetylenes is 1. The fourth-order valence-electron chi connectivity index (χ4n) is 6.00. The Morgan fingerprint density at radius 3 is 2.53 bits per heavy atom. The van der Waals surface area contributed by atoms with Crippen LogP contribution in [-0.2, 0) is 11.3 Å². The monoisotopic (exact) mass is 433 g/mol. The number of amides is 1. The van der Waals surface area contributed by atoms with E-state index in [2.05, 4.69) is 35.3 Å². The molecule has 1 aromatic carbocycles. The summed E-state index contributed by atoms with van der Waals surface area (Å²) in [6.45, 7) is 5.95. The molecule has 0 atom stereocenters. The van der Waals surface area contributed by atoms with E-state index >= 15 is 0 Å². The largest absolute Gasteiger partial charge is 0.340 e. The van der Waals surface area contributed by atoms with Gasteiger partial charge in [-0.2, -0.15) is 0 Å². The summed E-state index contributed by atoms with van der Waals surface area (Å²) in [5.74, 6) is 5.53. The molecule has 4 rings (SSSR count). The Morgan fingerprint density at radius 1 is 1.12 bits per heavy atom. The lowest BCUT2D eigenvalue weighted by Crippen LogP contribution is -2.41. The van der Waals surface area contributed by atoms with E-state index < -0.39 is 0 Å². The summed E-state index contributed by atoms with van der Waals surface area (Å²) in [7, 11) is 0. The van der Waals surface area contributed by atoms with Crippen molar-refractivity contribution in [1.29, 1.82) is 0 Å². The van der Waals surface area contributed by atoms with Gasteiger partial charge in [-0.15, -0.1) is 6.42 Å². The van der Waals surface area contributed by atoms with Crippen molar-refractivity contribution in [2.24, 2.45) is 5.92 Å². The fraction of sp³-hybridized carbons (Fsp3) is 0.643. The second-order valence-corrected chi connectivity index (χ2v) is 9.82. The van der Waals surface area contributed by atoms with Crippen molar-refractivity contribution in [1.82, 2.24) is 14.5 Å². The van der Waals surface area contributed by atoms with Gasteiger partial charge in [0, 0.05) is 37.0 Å². The van der Waals surface area contributed by atoms with Gasteiger partial charge in [-0.25, -0.2) is 4.98 Å². The molecule has 32 heavy (non-hydrogen) atoms. The van der Waals surface area contributed by atoms with Crippen LogP contribution in [0.1, 0.15) is 102 Å². The minimum Gasteiger partial charge on any atom is -0.340 e. The third-order valence-corrected chi connectivity index (χ3v) is 7.96. The van der Waals surface area contributed by atoms with Gasteiger partial charge in [0.1, 0.15) is 5.82 Å². The Morgan fingerprint density at radius 2 is 1.88 bits per heavy atom. The maximum absolute atomic E-state index is 13.2. The molecule has 0 spiro atoms. The van der Waals surface area contributed by atoms with E-state index in [0.717, 1.165) is 47.7 Å². The molecule has 2 fully saturated rings. The predicted molar refractivity (Wildman–Crippen MR) is 132 cm³/mol. The minimum absolute atomic E-state index is 0.294. The molecule has 2 saturated carbocycles. The molecule has 1 heterocycles. The van der Waals surface area contributed by atoms with Crippen LogP contribution in [0.5, 0.6) is 0 Å². The molecule has 0 aliphatic heterocycles. The number of carbonyl (C=O) groups is 1. The van der Waals surface area contributed by atoms with Gasteiger partial charge in [0.05, 0.1) is 11.0 Å². The molecule has 172 valence electrons. The van der Waals surface area contributed by atoms with Crippen LogP contribution in [0.3, 0.4) is 0 Å². The van der Waals surface area contributed by atoms with Crippen LogP contribution >= 0.6 is 0 Å². The van der Waals surface area contributed by atoms with Gasteiger partial charge in [-0.3, -0.25) is 4.79 Å². The Hall–Kier alpha value is -2.28. The third kappa shape index (κ3) is 4.87. The smallest absolute Gasteiger partial charge is 0.224 e. The second-order valence-electron chi connectivity index (χ2n) is 9.82. The zero-order valence-corrected chi connectivity index (χ0v) is 20.0. The summed E-state index contributed by atoms with van der Waals surface area (Å²) in [4.78, 5) is 20.5. The third-order valence-electron chi connectivity index (χ3n) is 7.96. The first-order valence-electron chi connectivity index (χ1n) is 12.9. The molecule has 0 bridgehead atoms. The van der Waals surface area contributed by atoms with Crippen molar-refractivity contribution < 1.29 is 4.79 Å². The number of nitrogens with zero attached hydrogens (tertiary/aromatic N) is 3. The Kier molecular flexibility index (Phi) is 7.55. The van der Waals surface area contributed by atoms with Crippen molar-refractivity contribution in [2.75, 3.05) is 6.54 Å². The molecule has 4 heteroatoms. The Labute approximate surface area is 193 Å². The molecule has 0 N–H and O–H groups in total. The molecule has 1 amide bonds. The van der Waals surface area contributed by atoms with Crippen molar-refractivity contribution in [2.45, 2.75) is 103 Å². The second kappa shape index (κ2) is 10.6. The number of benzene rings is 1. The maximum atomic E-state index is 13.2. The van der Waals surface area contributed by atoms with E-state index in [1.807, 2.05) is 12.1 Å². The normalized spacial score (nSPS) is 22.0. The fourth-order valence-corrected chi connectivity index (χ4v) is 6.00. The van der Waals surface area contributed by atoms with E-state index in [0.29, 0.717) is 30.8 Å². The summed E-state index contributed by atoms with van der Waals surface area (Å²) in [6.07, 6.45) is 18.6. The number of aryl methyl sites for hydroxylation is 1. The van der Waals surface area contributed by atoms with Crippen molar-refractivity contribution in [3.63, 3.8) is 0 Å². The summed E-state index contributed by atoms with van der Waals surface area (Å²) < 4.78 is 2.33. The Bertz CT molecular complexity index is 955. The van der Waals surface area contributed by atoms with Crippen molar-refractivity contribution in [3.8, 4) is 12.3 Å². The quantitative estimate of drug-likeness (QED) is 0.482. The molecule has 0 radical (unpaired) electrons. The van der Waals surface area contributed by atoms with Gasteiger partial charge in [0.2, 0.25) is 5.91 Å². The van der Waals surface area contributed by atoms with Crippen LogP contribution in [0.15, 0.2) is 18.2 Å². The van der Waals surface area contributed by atoms with Crippen molar-refractivity contribution in [3.05, 3.63) is 29.6 Å². The molecule has 4 nitrogen and oxygen atoms in total. The van der Waals surface area contributed by atoms with Crippen LogP contribution in [0, 0.1) is 18.3 Å². The Balaban J connectivity index is 1.56. The van der Waals surface area contributed by atoms with Gasteiger partial charge < -0.3 is 9.47 Å². The van der Waals surface area contributed by atoms with Gasteiger partial charge in [0.25, 0.3) is 0 Å². The number of aromatic nitrogens is 2. The molecule has 2 aliphatic carbocycles. The number of hydrogen-bond donors (Lipinski definition) is 0. The van der Waals surface area contributed by atoms with E-state index in [1.54, 1.807) is 0 Å². The van der Waals surface area contributed by atoms with Gasteiger partial charge in [0.15, 0.2) is 0 Å². The van der Waals surface area contributed by atoms with E-state index in [-0.39, 0.29) is 0 Å². The molecule has 1 aromatic heterocycles. The van der Waals surface area contributed by atoms with Crippen LogP contribution in [0.25, 0.3) is 11.0 Å². The topological polar surface area (TPSA) is 38.1 Å². The van der Waals surface area contributed by atoms with Gasteiger partial charge in [-0.05, 0) is 69.6 Å². The SMILES string of the molecule is C#Cc1ccc2c(c1)nc(C1CCC(CC)CC1)n2CCC(=O)N(CC)C1CCCCC1. The van der Waals surface area contributed by atoms with Crippen LogP contribution in [0.2, 0.25) is 0 Å². The first kappa shape index (κ1) is 22.9. The summed E-state index contributed by atoms with van der Waals surface area (Å²) in [6, 6.07) is 6.56. The van der Waals surface area contributed by atoms with Crippen molar-refractivity contribution >= 4 is 16.9 Å². The average Bonchev–Trinajstić information content (AvgIpc) is 3.21. The molecule has 0 saturated heterocycles. The van der Waals surface area contributed by atoms with Crippen LogP contribution in [-0.4, -0.2) is 32.9 Å². The number of rotatable bonds is 7. The average molecular weight is 434 g/mol. The molecule has 2 aliphatic rings. The van der Waals surface area contributed by atoms with Gasteiger partial charge in [-0.1, -0.05) is 38.5 Å². The number of hydrogen-bond acceptors (Lipinski definition) is 2. The molecule has 0 unspecified atom stereocenters.